The van der Waals surface area contributed by atoms with Crippen LogP contribution >= 0.6 is 0 Å². The molecular weight excluding hydrogens is 148 g/mol. The molecule has 0 aliphatic carbocycles. The molecule has 1 fully saturated rings. The monoisotopic (exact) mass is 162 g/mol. The SMILES string of the molecule is CCC1CN(c2cccnc2)C1. The maximum Gasteiger partial charge on any atom is 0.0552 e. The fraction of sp³-hybridized carbons (Fsp3) is 0.500. The Balaban J connectivity index is 1.97. The van der Waals surface area contributed by atoms with E-state index < -0.39 is 0 Å². The number of pyridine rings is 1. The van der Waals surface area contributed by atoms with Gasteiger partial charge in [-0.1, -0.05) is 6.92 Å². The van der Waals surface area contributed by atoms with E-state index >= 15 is 0 Å². The van der Waals surface area contributed by atoms with Gasteiger partial charge in [0.25, 0.3) is 0 Å². The van der Waals surface area contributed by atoms with Crippen molar-refractivity contribution in [2.75, 3.05) is 18.0 Å². The first kappa shape index (κ1) is 7.59. The molecule has 0 spiro atoms. The third-order valence-electron chi connectivity index (χ3n) is 2.55. The summed E-state index contributed by atoms with van der Waals surface area (Å²) in [6, 6.07) is 4.12. The molecule has 1 aliphatic heterocycles. The highest BCUT2D eigenvalue weighted by atomic mass is 15.2. The number of nitrogens with zero attached hydrogens (tertiary/aromatic N) is 2. The second-order valence-corrected chi connectivity index (χ2v) is 3.39. The van der Waals surface area contributed by atoms with E-state index in [9.17, 15) is 0 Å². The Morgan fingerprint density at radius 3 is 3.00 bits per heavy atom. The molecular formula is C10H14N2. The largest absolute Gasteiger partial charge is 0.370 e. The predicted molar refractivity (Wildman–Crippen MR) is 50.2 cm³/mol. The van der Waals surface area contributed by atoms with Crippen LogP contribution in [0.15, 0.2) is 24.5 Å². The van der Waals surface area contributed by atoms with Crippen LogP contribution in [-0.2, 0) is 0 Å². The molecule has 1 aromatic heterocycles. The fourth-order valence-electron chi connectivity index (χ4n) is 1.58. The van der Waals surface area contributed by atoms with Gasteiger partial charge in [-0.2, -0.15) is 0 Å². The van der Waals surface area contributed by atoms with Crippen molar-refractivity contribution in [2.45, 2.75) is 13.3 Å². The van der Waals surface area contributed by atoms with Crippen molar-refractivity contribution in [3.8, 4) is 0 Å². The molecule has 0 unspecified atom stereocenters. The summed E-state index contributed by atoms with van der Waals surface area (Å²) in [7, 11) is 0. The van der Waals surface area contributed by atoms with Gasteiger partial charge >= 0.3 is 0 Å². The molecule has 0 amide bonds. The molecule has 12 heavy (non-hydrogen) atoms. The van der Waals surface area contributed by atoms with Crippen molar-refractivity contribution in [1.82, 2.24) is 4.98 Å². The summed E-state index contributed by atoms with van der Waals surface area (Å²) in [5.41, 5.74) is 1.27. The first-order valence-corrected chi connectivity index (χ1v) is 4.55. The summed E-state index contributed by atoms with van der Waals surface area (Å²) in [6.07, 6.45) is 5.06. The van der Waals surface area contributed by atoms with Gasteiger partial charge in [0, 0.05) is 19.3 Å². The third-order valence-corrected chi connectivity index (χ3v) is 2.55. The zero-order chi connectivity index (χ0) is 8.39. The minimum absolute atomic E-state index is 0.908. The van der Waals surface area contributed by atoms with E-state index in [-0.39, 0.29) is 0 Å². The lowest BCUT2D eigenvalue weighted by Crippen LogP contribution is -2.46. The second kappa shape index (κ2) is 3.13. The van der Waals surface area contributed by atoms with Gasteiger partial charge in [0.1, 0.15) is 0 Å². The Bertz CT molecular complexity index is 239. The van der Waals surface area contributed by atoms with E-state index in [2.05, 4.69) is 22.9 Å². The quantitative estimate of drug-likeness (QED) is 0.660. The zero-order valence-corrected chi connectivity index (χ0v) is 7.40. The van der Waals surface area contributed by atoms with E-state index in [0.717, 1.165) is 5.92 Å². The molecule has 0 bridgehead atoms. The molecule has 0 radical (unpaired) electrons. The Hall–Kier alpha value is -1.05. The number of anilines is 1. The summed E-state index contributed by atoms with van der Waals surface area (Å²) in [5, 5.41) is 0. The molecule has 1 aliphatic rings. The van der Waals surface area contributed by atoms with Gasteiger partial charge in [-0.05, 0) is 24.5 Å². The van der Waals surface area contributed by atoms with Crippen molar-refractivity contribution < 1.29 is 0 Å². The van der Waals surface area contributed by atoms with Gasteiger partial charge in [0.2, 0.25) is 0 Å². The summed E-state index contributed by atoms with van der Waals surface area (Å²) in [5.74, 6) is 0.908. The molecule has 0 N–H and O–H groups in total. The molecule has 2 nitrogen and oxygen atoms in total. The molecule has 0 atom stereocenters. The van der Waals surface area contributed by atoms with Crippen molar-refractivity contribution in [3.63, 3.8) is 0 Å². The summed E-state index contributed by atoms with van der Waals surface area (Å²) in [6.45, 7) is 4.68. The lowest BCUT2D eigenvalue weighted by Gasteiger charge is -2.40. The van der Waals surface area contributed by atoms with Crippen LogP contribution < -0.4 is 4.90 Å². The molecule has 2 heteroatoms. The van der Waals surface area contributed by atoms with Crippen LogP contribution in [-0.4, -0.2) is 18.1 Å². The van der Waals surface area contributed by atoms with Gasteiger partial charge in [-0.3, -0.25) is 4.98 Å². The van der Waals surface area contributed by atoms with Crippen molar-refractivity contribution in [3.05, 3.63) is 24.5 Å². The normalized spacial score (nSPS) is 17.6. The summed E-state index contributed by atoms with van der Waals surface area (Å²) in [4.78, 5) is 6.47. The number of hydrogen-bond acceptors (Lipinski definition) is 2. The topological polar surface area (TPSA) is 16.1 Å². The van der Waals surface area contributed by atoms with E-state index in [1.165, 1.54) is 25.2 Å². The van der Waals surface area contributed by atoms with Crippen LogP contribution in [0, 0.1) is 5.92 Å². The van der Waals surface area contributed by atoms with Crippen molar-refractivity contribution >= 4 is 5.69 Å². The summed E-state index contributed by atoms with van der Waals surface area (Å²) >= 11 is 0. The van der Waals surface area contributed by atoms with Crippen LogP contribution in [0.3, 0.4) is 0 Å². The molecule has 0 aromatic carbocycles. The molecule has 2 heterocycles. The Morgan fingerprint density at radius 2 is 2.42 bits per heavy atom. The second-order valence-electron chi connectivity index (χ2n) is 3.39. The van der Waals surface area contributed by atoms with E-state index in [1.807, 2.05) is 18.5 Å². The molecule has 0 saturated carbocycles. The standard InChI is InChI=1S/C10H14N2/c1-2-9-7-12(8-9)10-4-3-5-11-6-10/h3-6,9H,2,7-8H2,1H3. The number of aromatic nitrogens is 1. The highest BCUT2D eigenvalue weighted by Gasteiger charge is 2.24. The molecule has 1 aromatic rings. The van der Waals surface area contributed by atoms with Crippen LogP contribution in [0.5, 0.6) is 0 Å². The Labute approximate surface area is 73.2 Å². The maximum atomic E-state index is 4.10. The number of hydrogen-bond donors (Lipinski definition) is 0. The average molecular weight is 162 g/mol. The van der Waals surface area contributed by atoms with E-state index in [1.54, 1.807) is 0 Å². The van der Waals surface area contributed by atoms with Gasteiger partial charge in [0.05, 0.1) is 11.9 Å². The lowest BCUT2D eigenvalue weighted by molar-refractivity contribution is 0.398. The first-order valence-electron chi connectivity index (χ1n) is 4.55. The number of rotatable bonds is 2. The molecule has 2 rings (SSSR count). The van der Waals surface area contributed by atoms with Gasteiger partial charge in [-0.25, -0.2) is 0 Å². The minimum atomic E-state index is 0.908. The first-order chi connectivity index (χ1) is 5.90. The maximum absolute atomic E-state index is 4.10. The molecule has 1 saturated heterocycles. The smallest absolute Gasteiger partial charge is 0.0552 e. The lowest BCUT2D eigenvalue weighted by atomic mass is 9.97. The van der Waals surface area contributed by atoms with E-state index in [0.29, 0.717) is 0 Å². The van der Waals surface area contributed by atoms with Crippen LogP contribution in [0.1, 0.15) is 13.3 Å². The third kappa shape index (κ3) is 1.29. The minimum Gasteiger partial charge on any atom is -0.370 e. The highest BCUT2D eigenvalue weighted by molar-refractivity contribution is 5.46. The molecule has 64 valence electrons. The van der Waals surface area contributed by atoms with Gasteiger partial charge in [0.15, 0.2) is 0 Å². The fourth-order valence-corrected chi connectivity index (χ4v) is 1.58. The highest BCUT2D eigenvalue weighted by Crippen LogP contribution is 2.24. The van der Waals surface area contributed by atoms with Crippen molar-refractivity contribution in [2.24, 2.45) is 5.92 Å². The summed E-state index contributed by atoms with van der Waals surface area (Å²) < 4.78 is 0. The van der Waals surface area contributed by atoms with Crippen LogP contribution in [0.4, 0.5) is 5.69 Å². The predicted octanol–water partition coefficient (Wildman–Crippen LogP) is 1.93. The van der Waals surface area contributed by atoms with Crippen LogP contribution in [0.25, 0.3) is 0 Å². The van der Waals surface area contributed by atoms with Gasteiger partial charge in [-0.15, -0.1) is 0 Å². The van der Waals surface area contributed by atoms with Crippen LogP contribution in [0.2, 0.25) is 0 Å². The van der Waals surface area contributed by atoms with E-state index in [4.69, 9.17) is 0 Å². The van der Waals surface area contributed by atoms with Crippen molar-refractivity contribution in [1.29, 1.82) is 0 Å². The Kier molecular flexibility index (Phi) is 1.98. The zero-order valence-electron chi connectivity index (χ0n) is 7.40. The Morgan fingerprint density at radius 1 is 1.58 bits per heavy atom. The average Bonchev–Trinajstić information content (AvgIpc) is 2.04. The van der Waals surface area contributed by atoms with Gasteiger partial charge < -0.3 is 4.90 Å².